The van der Waals surface area contributed by atoms with Crippen LogP contribution in [0.4, 0.5) is 0 Å². The van der Waals surface area contributed by atoms with E-state index in [-0.39, 0.29) is 11.9 Å². The van der Waals surface area contributed by atoms with Crippen molar-refractivity contribution >= 4 is 16.9 Å². The molecule has 1 saturated heterocycles. The van der Waals surface area contributed by atoms with Crippen molar-refractivity contribution < 1.29 is 4.79 Å². The van der Waals surface area contributed by atoms with E-state index in [1.165, 1.54) is 0 Å². The first kappa shape index (κ1) is 15.7. The molecule has 1 aromatic carbocycles. The number of H-pyrrole nitrogens is 1. The van der Waals surface area contributed by atoms with Crippen LogP contribution in [0, 0.1) is 0 Å². The lowest BCUT2D eigenvalue weighted by atomic mass is 10.1. The molecule has 2 N–H and O–H groups in total. The molecule has 0 aliphatic carbocycles. The van der Waals surface area contributed by atoms with Gasteiger partial charge < -0.3 is 10.3 Å². The van der Waals surface area contributed by atoms with Gasteiger partial charge in [0.05, 0.1) is 11.0 Å². The van der Waals surface area contributed by atoms with E-state index < -0.39 is 0 Å². The molecule has 5 rings (SSSR count). The third-order valence-corrected chi connectivity index (χ3v) is 4.66. The predicted octanol–water partition coefficient (Wildman–Crippen LogP) is 2.03. The van der Waals surface area contributed by atoms with Gasteiger partial charge in [0, 0.05) is 25.1 Å². The van der Waals surface area contributed by atoms with Crippen LogP contribution in [0.5, 0.6) is 0 Å². The normalized spacial score (nSPS) is 16.7. The number of rotatable bonds is 4. The SMILES string of the molecule is O=C1CC[C@H](Cc2nc(-c3ccccn3)nn2-c2nc3ccccc3[nH]2)N1. The van der Waals surface area contributed by atoms with Gasteiger partial charge in [0.25, 0.3) is 0 Å². The average Bonchev–Trinajstić information content (AvgIpc) is 3.40. The standard InChI is InChI=1S/C19H17N7O/c27-17-9-8-12(21-17)11-16-24-18(15-7-3-4-10-20-15)25-26(16)19-22-13-5-1-2-6-14(13)23-19/h1-7,10,12H,8-9,11H2,(H,21,27)(H,22,23)/t12-/m1/s1. The van der Waals surface area contributed by atoms with Crippen LogP contribution >= 0.6 is 0 Å². The number of aromatic amines is 1. The van der Waals surface area contributed by atoms with Crippen molar-refractivity contribution in [1.82, 2.24) is 35.0 Å². The molecule has 27 heavy (non-hydrogen) atoms. The molecular formula is C19H17N7O. The molecule has 4 heterocycles. The van der Waals surface area contributed by atoms with E-state index in [0.29, 0.717) is 30.3 Å². The van der Waals surface area contributed by atoms with Crippen LogP contribution in [0.15, 0.2) is 48.7 Å². The number of hydrogen-bond donors (Lipinski definition) is 2. The van der Waals surface area contributed by atoms with Crippen LogP contribution in [-0.2, 0) is 11.2 Å². The second-order valence-electron chi connectivity index (χ2n) is 6.56. The summed E-state index contributed by atoms with van der Waals surface area (Å²) < 4.78 is 1.72. The summed E-state index contributed by atoms with van der Waals surface area (Å²) in [7, 11) is 0. The van der Waals surface area contributed by atoms with E-state index in [4.69, 9.17) is 4.98 Å². The van der Waals surface area contributed by atoms with Crippen molar-refractivity contribution in [3.63, 3.8) is 0 Å². The number of amides is 1. The van der Waals surface area contributed by atoms with Gasteiger partial charge in [0.1, 0.15) is 11.5 Å². The van der Waals surface area contributed by atoms with E-state index in [1.807, 2.05) is 42.5 Å². The topological polar surface area (TPSA) is 101 Å². The Bertz CT molecular complexity index is 1080. The quantitative estimate of drug-likeness (QED) is 0.580. The lowest BCUT2D eigenvalue weighted by Crippen LogP contribution is -2.28. The number of para-hydroxylation sites is 2. The molecule has 0 spiro atoms. The van der Waals surface area contributed by atoms with Gasteiger partial charge in [-0.05, 0) is 30.7 Å². The van der Waals surface area contributed by atoms with Gasteiger partial charge in [0.2, 0.25) is 17.7 Å². The number of carbonyl (C=O) groups excluding carboxylic acids is 1. The number of pyridine rings is 1. The smallest absolute Gasteiger partial charge is 0.230 e. The van der Waals surface area contributed by atoms with Crippen molar-refractivity contribution in [3.8, 4) is 17.5 Å². The Labute approximate surface area is 154 Å². The van der Waals surface area contributed by atoms with Gasteiger partial charge >= 0.3 is 0 Å². The van der Waals surface area contributed by atoms with E-state index >= 15 is 0 Å². The van der Waals surface area contributed by atoms with Gasteiger partial charge in [0.15, 0.2) is 0 Å². The van der Waals surface area contributed by atoms with E-state index in [1.54, 1.807) is 10.9 Å². The number of carbonyl (C=O) groups is 1. The van der Waals surface area contributed by atoms with Gasteiger partial charge in [-0.15, -0.1) is 5.10 Å². The zero-order chi connectivity index (χ0) is 18.2. The number of benzene rings is 1. The maximum atomic E-state index is 11.6. The molecule has 1 atom stereocenters. The molecule has 134 valence electrons. The zero-order valence-electron chi connectivity index (χ0n) is 14.5. The summed E-state index contributed by atoms with van der Waals surface area (Å²) in [5.41, 5.74) is 2.49. The molecule has 0 saturated carbocycles. The van der Waals surface area contributed by atoms with Crippen LogP contribution in [-0.4, -0.2) is 41.7 Å². The highest BCUT2D eigenvalue weighted by molar-refractivity contribution is 5.78. The third kappa shape index (κ3) is 2.95. The average molecular weight is 359 g/mol. The Kier molecular flexibility index (Phi) is 3.67. The Balaban J connectivity index is 1.59. The monoisotopic (exact) mass is 359 g/mol. The number of aromatic nitrogens is 6. The molecule has 1 fully saturated rings. The van der Waals surface area contributed by atoms with Gasteiger partial charge in [-0.25, -0.2) is 9.97 Å². The number of nitrogens with zero attached hydrogens (tertiary/aromatic N) is 5. The molecule has 8 nitrogen and oxygen atoms in total. The summed E-state index contributed by atoms with van der Waals surface area (Å²) in [6, 6.07) is 13.5. The first-order valence-electron chi connectivity index (χ1n) is 8.88. The zero-order valence-corrected chi connectivity index (χ0v) is 14.5. The lowest BCUT2D eigenvalue weighted by molar-refractivity contribution is -0.119. The Hall–Kier alpha value is -3.55. The van der Waals surface area contributed by atoms with E-state index in [0.717, 1.165) is 23.3 Å². The largest absolute Gasteiger partial charge is 0.353 e. The van der Waals surface area contributed by atoms with Crippen LogP contribution in [0.3, 0.4) is 0 Å². The highest BCUT2D eigenvalue weighted by atomic mass is 16.1. The fourth-order valence-corrected chi connectivity index (χ4v) is 3.34. The molecule has 0 bridgehead atoms. The summed E-state index contributed by atoms with van der Waals surface area (Å²) in [6.45, 7) is 0. The second kappa shape index (κ2) is 6.31. The predicted molar refractivity (Wildman–Crippen MR) is 99.1 cm³/mol. The molecular weight excluding hydrogens is 342 g/mol. The van der Waals surface area contributed by atoms with Crippen molar-refractivity contribution in [2.45, 2.75) is 25.3 Å². The maximum Gasteiger partial charge on any atom is 0.230 e. The Morgan fingerprint density at radius 1 is 1.11 bits per heavy atom. The molecule has 4 aromatic rings. The van der Waals surface area contributed by atoms with Crippen LogP contribution < -0.4 is 5.32 Å². The molecule has 1 amide bonds. The summed E-state index contributed by atoms with van der Waals surface area (Å²) >= 11 is 0. The Morgan fingerprint density at radius 3 is 2.78 bits per heavy atom. The minimum Gasteiger partial charge on any atom is -0.353 e. The van der Waals surface area contributed by atoms with Crippen molar-refractivity contribution in [2.24, 2.45) is 0 Å². The minimum absolute atomic E-state index is 0.0569. The second-order valence-corrected chi connectivity index (χ2v) is 6.56. The molecule has 1 aliphatic rings. The lowest BCUT2D eigenvalue weighted by Gasteiger charge is -2.09. The number of hydrogen-bond acceptors (Lipinski definition) is 5. The van der Waals surface area contributed by atoms with E-state index in [9.17, 15) is 4.79 Å². The fraction of sp³-hybridized carbons (Fsp3) is 0.211. The van der Waals surface area contributed by atoms with Gasteiger partial charge in [-0.1, -0.05) is 18.2 Å². The Morgan fingerprint density at radius 2 is 2.00 bits per heavy atom. The summed E-state index contributed by atoms with van der Waals surface area (Å²) in [4.78, 5) is 28.5. The van der Waals surface area contributed by atoms with Crippen molar-refractivity contribution in [3.05, 3.63) is 54.5 Å². The summed E-state index contributed by atoms with van der Waals surface area (Å²) in [5.74, 6) is 1.96. The third-order valence-electron chi connectivity index (χ3n) is 4.66. The summed E-state index contributed by atoms with van der Waals surface area (Å²) in [5, 5.41) is 7.63. The molecule has 1 aliphatic heterocycles. The highest BCUT2D eigenvalue weighted by Gasteiger charge is 2.25. The van der Waals surface area contributed by atoms with E-state index in [2.05, 4.69) is 25.4 Å². The number of nitrogens with one attached hydrogen (secondary N) is 2. The number of imidazole rings is 1. The van der Waals surface area contributed by atoms with Crippen LogP contribution in [0.2, 0.25) is 0 Å². The minimum atomic E-state index is 0.0569. The molecule has 0 unspecified atom stereocenters. The van der Waals surface area contributed by atoms with Crippen LogP contribution in [0.1, 0.15) is 18.7 Å². The maximum absolute atomic E-state index is 11.6. The first-order chi connectivity index (χ1) is 13.3. The first-order valence-corrected chi connectivity index (χ1v) is 8.88. The molecule has 0 radical (unpaired) electrons. The fourth-order valence-electron chi connectivity index (χ4n) is 3.34. The highest BCUT2D eigenvalue weighted by Crippen LogP contribution is 2.20. The summed E-state index contributed by atoms with van der Waals surface area (Å²) in [6.07, 6.45) is 3.65. The van der Waals surface area contributed by atoms with Crippen LogP contribution in [0.25, 0.3) is 28.5 Å². The van der Waals surface area contributed by atoms with Crippen molar-refractivity contribution in [2.75, 3.05) is 0 Å². The molecule has 3 aromatic heterocycles. The van der Waals surface area contributed by atoms with Gasteiger partial charge in [-0.3, -0.25) is 9.78 Å². The van der Waals surface area contributed by atoms with Gasteiger partial charge in [-0.2, -0.15) is 4.68 Å². The van der Waals surface area contributed by atoms with Crippen molar-refractivity contribution in [1.29, 1.82) is 0 Å². The number of fused-ring (bicyclic) bond motifs is 1. The molecule has 8 heteroatoms.